The van der Waals surface area contributed by atoms with Crippen molar-refractivity contribution in [1.29, 1.82) is 0 Å². The van der Waals surface area contributed by atoms with Crippen LogP contribution in [0.15, 0.2) is 8.94 Å². The van der Waals surface area contributed by atoms with Crippen LogP contribution in [0.1, 0.15) is 23.4 Å². The summed E-state index contributed by atoms with van der Waals surface area (Å²) in [6, 6.07) is 0. The van der Waals surface area contributed by atoms with Gasteiger partial charge in [-0.25, -0.2) is 9.97 Å². The minimum Gasteiger partial charge on any atom is -0.422 e. The minimum atomic E-state index is -4.65. The van der Waals surface area contributed by atoms with E-state index in [4.69, 9.17) is 4.42 Å². The molecule has 0 bridgehead atoms. The second-order valence-electron chi connectivity index (χ2n) is 5.17. The summed E-state index contributed by atoms with van der Waals surface area (Å²) in [4.78, 5) is 17.8. The van der Waals surface area contributed by atoms with Gasteiger partial charge in [-0.05, 0) is 6.92 Å². The highest BCUT2D eigenvalue weighted by Gasteiger charge is 2.38. The van der Waals surface area contributed by atoms with Crippen LogP contribution in [0.4, 0.5) is 19.0 Å². The average molecular weight is 342 g/mol. The van der Waals surface area contributed by atoms with Crippen LogP contribution in [0, 0.1) is 13.8 Å². The zero-order chi connectivity index (χ0) is 17.5. The van der Waals surface area contributed by atoms with Gasteiger partial charge in [0, 0.05) is 26.9 Å². The number of oxazole rings is 1. The van der Waals surface area contributed by atoms with E-state index in [1.807, 2.05) is 0 Å². The number of alkyl halides is 3. The maximum atomic E-state index is 12.4. The molecule has 128 valence electrons. The number of fused-ring (bicyclic) bond motifs is 1. The summed E-state index contributed by atoms with van der Waals surface area (Å²) in [5.74, 6) is 0.0842. The summed E-state index contributed by atoms with van der Waals surface area (Å²) in [6.45, 7) is 3.72. The summed E-state index contributed by atoms with van der Waals surface area (Å²) in [5.41, 5.74) is 0.852. The Morgan fingerprint density at radius 3 is 2.50 bits per heavy atom. The van der Waals surface area contributed by atoms with E-state index in [1.165, 1.54) is 0 Å². The van der Waals surface area contributed by atoms with Gasteiger partial charge in [0.25, 0.3) is 5.71 Å². The van der Waals surface area contributed by atoms with Crippen molar-refractivity contribution in [3.8, 4) is 0 Å². The van der Waals surface area contributed by atoms with Crippen molar-refractivity contribution in [2.75, 3.05) is 18.5 Å². The number of anilines is 1. The predicted molar refractivity (Wildman–Crippen MR) is 75.3 cm³/mol. The van der Waals surface area contributed by atoms with Crippen LogP contribution in [0.25, 0.3) is 11.2 Å². The van der Waals surface area contributed by atoms with Crippen molar-refractivity contribution in [3.05, 3.63) is 23.4 Å². The van der Waals surface area contributed by atoms with Crippen molar-refractivity contribution in [2.24, 2.45) is 0 Å². The summed E-state index contributed by atoms with van der Waals surface area (Å²) >= 11 is 0. The standard InChI is InChI=1S/C13H13F3N6O2/c1-6-17-10(9-11(18-6)23-7(2)19-9)22(3)5-4-8-20-12(24-21-8)13(14,15)16/h4-5H2,1-3H3. The Kier molecular flexibility index (Phi) is 3.85. The molecule has 0 saturated carbocycles. The van der Waals surface area contributed by atoms with Gasteiger partial charge in [0.1, 0.15) is 5.82 Å². The lowest BCUT2D eigenvalue weighted by Gasteiger charge is -2.17. The maximum absolute atomic E-state index is 12.4. The normalized spacial score (nSPS) is 12.1. The fraction of sp³-hybridized carbons (Fsp3) is 0.462. The topological polar surface area (TPSA) is 94.0 Å². The number of hydrogen-bond acceptors (Lipinski definition) is 8. The van der Waals surface area contributed by atoms with Crippen LogP contribution in [0.5, 0.6) is 0 Å². The van der Waals surface area contributed by atoms with Crippen molar-refractivity contribution in [3.63, 3.8) is 0 Å². The summed E-state index contributed by atoms with van der Waals surface area (Å²) in [6.07, 6.45) is -4.50. The smallest absolute Gasteiger partial charge is 0.422 e. The zero-order valence-electron chi connectivity index (χ0n) is 13.0. The Morgan fingerprint density at radius 2 is 1.83 bits per heavy atom. The van der Waals surface area contributed by atoms with Gasteiger partial charge < -0.3 is 13.8 Å². The monoisotopic (exact) mass is 342 g/mol. The molecule has 0 spiro atoms. The van der Waals surface area contributed by atoms with Crippen LogP contribution in [0.3, 0.4) is 0 Å². The molecule has 3 rings (SSSR count). The highest BCUT2D eigenvalue weighted by atomic mass is 19.4. The van der Waals surface area contributed by atoms with Crippen LogP contribution in [-0.2, 0) is 12.6 Å². The van der Waals surface area contributed by atoms with E-state index in [0.717, 1.165) is 0 Å². The molecule has 0 unspecified atom stereocenters. The maximum Gasteiger partial charge on any atom is 0.471 e. The molecule has 0 fully saturated rings. The van der Waals surface area contributed by atoms with Crippen LogP contribution < -0.4 is 4.90 Å². The first-order valence-corrected chi connectivity index (χ1v) is 6.96. The third-order valence-electron chi connectivity index (χ3n) is 3.20. The van der Waals surface area contributed by atoms with Gasteiger partial charge in [0.15, 0.2) is 23.0 Å². The Bertz CT molecular complexity index is 872. The fourth-order valence-electron chi connectivity index (χ4n) is 2.13. The van der Waals surface area contributed by atoms with E-state index in [9.17, 15) is 13.2 Å². The highest BCUT2D eigenvalue weighted by molar-refractivity contribution is 5.81. The second kappa shape index (κ2) is 5.73. The number of rotatable bonds is 4. The molecule has 3 aromatic heterocycles. The molecular formula is C13H13F3N6O2. The highest BCUT2D eigenvalue weighted by Crippen LogP contribution is 2.27. The lowest BCUT2D eigenvalue weighted by atomic mass is 10.3. The quantitative estimate of drug-likeness (QED) is 0.713. The molecule has 3 heterocycles. The first-order chi connectivity index (χ1) is 11.2. The number of nitrogens with zero attached hydrogens (tertiary/aromatic N) is 6. The molecule has 8 nitrogen and oxygen atoms in total. The lowest BCUT2D eigenvalue weighted by Crippen LogP contribution is -2.22. The van der Waals surface area contributed by atoms with Crippen molar-refractivity contribution >= 4 is 17.0 Å². The van der Waals surface area contributed by atoms with Gasteiger partial charge in [-0.3, -0.25) is 0 Å². The third-order valence-corrected chi connectivity index (χ3v) is 3.20. The van der Waals surface area contributed by atoms with Crippen LogP contribution >= 0.6 is 0 Å². The first kappa shape index (κ1) is 16.1. The van der Waals surface area contributed by atoms with E-state index in [0.29, 0.717) is 35.3 Å². The molecule has 0 atom stereocenters. The van der Waals surface area contributed by atoms with E-state index < -0.39 is 12.1 Å². The number of aryl methyl sites for hydroxylation is 2. The SMILES string of the molecule is Cc1nc(N(C)CCc2noc(C(F)(F)F)n2)c2nc(C)oc2n1. The third kappa shape index (κ3) is 3.14. The molecule has 0 saturated heterocycles. The lowest BCUT2D eigenvalue weighted by molar-refractivity contribution is -0.159. The Labute approximate surface area is 133 Å². The molecule has 3 aromatic rings. The number of likely N-dealkylation sites (N-methyl/N-ethyl adjacent to an activating group) is 1. The van der Waals surface area contributed by atoms with Crippen molar-refractivity contribution in [2.45, 2.75) is 26.4 Å². The molecule has 11 heteroatoms. The molecular weight excluding hydrogens is 329 g/mol. The minimum absolute atomic E-state index is 0.0347. The van der Waals surface area contributed by atoms with Crippen LogP contribution in [0.2, 0.25) is 0 Å². The van der Waals surface area contributed by atoms with Crippen LogP contribution in [-0.4, -0.2) is 38.7 Å². The fourth-order valence-corrected chi connectivity index (χ4v) is 2.13. The summed E-state index contributed by atoms with van der Waals surface area (Å²) in [7, 11) is 1.73. The molecule has 0 amide bonds. The largest absolute Gasteiger partial charge is 0.471 e. The van der Waals surface area contributed by atoms with E-state index >= 15 is 0 Å². The van der Waals surface area contributed by atoms with E-state index in [2.05, 4.69) is 29.6 Å². The number of aromatic nitrogens is 5. The van der Waals surface area contributed by atoms with Gasteiger partial charge in [0.05, 0.1) is 0 Å². The Balaban J connectivity index is 1.78. The first-order valence-electron chi connectivity index (χ1n) is 6.96. The predicted octanol–water partition coefficient (Wildman–Crippen LogP) is 2.32. The molecule has 0 aliphatic rings. The Morgan fingerprint density at radius 1 is 1.08 bits per heavy atom. The summed E-state index contributed by atoms with van der Waals surface area (Å²) < 4.78 is 46.9. The van der Waals surface area contributed by atoms with Gasteiger partial charge in [0.2, 0.25) is 0 Å². The molecule has 24 heavy (non-hydrogen) atoms. The zero-order valence-corrected chi connectivity index (χ0v) is 13.0. The van der Waals surface area contributed by atoms with Gasteiger partial charge in [-0.2, -0.15) is 23.1 Å². The van der Waals surface area contributed by atoms with E-state index in [-0.39, 0.29) is 12.2 Å². The van der Waals surface area contributed by atoms with Crippen molar-refractivity contribution < 1.29 is 22.1 Å². The molecule has 0 N–H and O–H groups in total. The van der Waals surface area contributed by atoms with Gasteiger partial charge in [-0.1, -0.05) is 5.16 Å². The second-order valence-corrected chi connectivity index (χ2v) is 5.17. The van der Waals surface area contributed by atoms with Gasteiger partial charge >= 0.3 is 12.1 Å². The average Bonchev–Trinajstić information content (AvgIpc) is 3.09. The molecule has 0 radical (unpaired) electrons. The Hall–Kier alpha value is -2.72. The molecule has 0 aromatic carbocycles. The van der Waals surface area contributed by atoms with E-state index in [1.54, 1.807) is 25.8 Å². The molecule has 0 aliphatic carbocycles. The summed E-state index contributed by atoms with van der Waals surface area (Å²) in [5, 5.41) is 3.33. The molecule has 0 aliphatic heterocycles. The number of halogens is 3. The number of hydrogen-bond donors (Lipinski definition) is 0. The van der Waals surface area contributed by atoms with Gasteiger partial charge in [-0.15, -0.1) is 0 Å². The van der Waals surface area contributed by atoms with Crippen molar-refractivity contribution in [1.82, 2.24) is 25.1 Å².